The standard InChI is InChI=1S/C19H23N3O3/c23-19(21-15-6-7-18-20-8-9-22(18)12-15)14-3-1-4-16(11-14)25-13-17-5-2-10-24-17/h1,3-4,8-9,11,15,17H,2,5-7,10,12-13H2,(H,21,23)/t15-,17+/m0/s1. The van der Waals surface area contributed by atoms with Gasteiger partial charge in [-0.25, -0.2) is 4.98 Å². The number of hydrogen-bond donors (Lipinski definition) is 1. The first kappa shape index (κ1) is 16.1. The number of ether oxygens (including phenoxy) is 2. The van der Waals surface area contributed by atoms with Gasteiger partial charge in [0.05, 0.1) is 6.10 Å². The van der Waals surface area contributed by atoms with Gasteiger partial charge in [-0.1, -0.05) is 6.07 Å². The number of nitrogens with zero attached hydrogens (tertiary/aromatic N) is 2. The summed E-state index contributed by atoms with van der Waals surface area (Å²) in [5.74, 6) is 1.75. The van der Waals surface area contributed by atoms with Crippen LogP contribution in [0.5, 0.6) is 5.75 Å². The molecule has 25 heavy (non-hydrogen) atoms. The highest BCUT2D eigenvalue weighted by Gasteiger charge is 2.21. The number of aromatic nitrogens is 2. The van der Waals surface area contributed by atoms with Crippen LogP contribution >= 0.6 is 0 Å². The molecule has 2 aliphatic heterocycles. The molecule has 1 saturated heterocycles. The highest BCUT2D eigenvalue weighted by molar-refractivity contribution is 5.94. The number of benzene rings is 1. The Bertz CT molecular complexity index is 737. The summed E-state index contributed by atoms with van der Waals surface area (Å²) in [5.41, 5.74) is 0.626. The first-order valence-corrected chi connectivity index (χ1v) is 8.93. The number of nitrogens with one attached hydrogen (secondary N) is 1. The quantitative estimate of drug-likeness (QED) is 0.905. The van der Waals surface area contributed by atoms with Crippen LogP contribution in [0.15, 0.2) is 36.7 Å². The molecule has 0 bridgehead atoms. The molecular weight excluding hydrogens is 318 g/mol. The monoisotopic (exact) mass is 341 g/mol. The molecule has 1 aromatic heterocycles. The molecule has 1 aromatic carbocycles. The van der Waals surface area contributed by atoms with Crippen LogP contribution in [-0.4, -0.2) is 40.8 Å². The van der Waals surface area contributed by atoms with Crippen molar-refractivity contribution >= 4 is 5.91 Å². The van der Waals surface area contributed by atoms with Gasteiger partial charge >= 0.3 is 0 Å². The molecule has 6 nitrogen and oxygen atoms in total. The molecule has 132 valence electrons. The fourth-order valence-corrected chi connectivity index (χ4v) is 3.45. The summed E-state index contributed by atoms with van der Waals surface area (Å²) >= 11 is 0. The first-order chi connectivity index (χ1) is 12.3. The second kappa shape index (κ2) is 7.27. The Hall–Kier alpha value is -2.34. The molecule has 6 heteroatoms. The van der Waals surface area contributed by atoms with Gasteiger partial charge in [-0.2, -0.15) is 0 Å². The van der Waals surface area contributed by atoms with Crippen LogP contribution in [0.25, 0.3) is 0 Å². The first-order valence-electron chi connectivity index (χ1n) is 8.93. The average Bonchev–Trinajstić information content (AvgIpc) is 3.31. The van der Waals surface area contributed by atoms with Gasteiger partial charge in [-0.15, -0.1) is 0 Å². The molecule has 0 radical (unpaired) electrons. The Morgan fingerprint density at radius 1 is 1.40 bits per heavy atom. The number of rotatable bonds is 5. The molecule has 2 atom stereocenters. The normalized spacial score (nSPS) is 22.4. The van der Waals surface area contributed by atoms with E-state index in [1.165, 1.54) is 0 Å². The van der Waals surface area contributed by atoms with Gasteiger partial charge in [-0.3, -0.25) is 4.79 Å². The number of imidazole rings is 1. The largest absolute Gasteiger partial charge is 0.491 e. The fourth-order valence-electron chi connectivity index (χ4n) is 3.45. The molecule has 1 fully saturated rings. The van der Waals surface area contributed by atoms with Crippen LogP contribution in [0.3, 0.4) is 0 Å². The molecule has 3 heterocycles. The maximum absolute atomic E-state index is 12.6. The highest BCUT2D eigenvalue weighted by atomic mass is 16.5. The Labute approximate surface area is 147 Å². The minimum Gasteiger partial charge on any atom is -0.491 e. The van der Waals surface area contributed by atoms with E-state index in [0.717, 1.165) is 44.7 Å². The summed E-state index contributed by atoms with van der Waals surface area (Å²) in [7, 11) is 0. The third-order valence-corrected chi connectivity index (χ3v) is 4.83. The van der Waals surface area contributed by atoms with Crippen molar-refractivity contribution < 1.29 is 14.3 Å². The van der Waals surface area contributed by atoms with E-state index in [9.17, 15) is 4.79 Å². The molecule has 2 aromatic rings. The number of amides is 1. The fraction of sp³-hybridized carbons (Fsp3) is 0.474. The minimum absolute atomic E-state index is 0.0591. The van der Waals surface area contributed by atoms with Crippen LogP contribution < -0.4 is 10.1 Å². The smallest absolute Gasteiger partial charge is 0.251 e. The Balaban J connectivity index is 1.34. The lowest BCUT2D eigenvalue weighted by Gasteiger charge is -2.24. The van der Waals surface area contributed by atoms with Gasteiger partial charge in [0.15, 0.2) is 0 Å². The van der Waals surface area contributed by atoms with Crippen molar-refractivity contribution in [2.75, 3.05) is 13.2 Å². The third-order valence-electron chi connectivity index (χ3n) is 4.83. The lowest BCUT2D eigenvalue weighted by atomic mass is 10.1. The van der Waals surface area contributed by atoms with E-state index in [-0.39, 0.29) is 18.1 Å². The Kier molecular flexibility index (Phi) is 4.70. The summed E-state index contributed by atoms with van der Waals surface area (Å²) in [6, 6.07) is 7.49. The molecule has 0 unspecified atom stereocenters. The van der Waals surface area contributed by atoms with Crippen LogP contribution in [0, 0.1) is 0 Å². The van der Waals surface area contributed by atoms with E-state index >= 15 is 0 Å². The maximum atomic E-state index is 12.6. The van der Waals surface area contributed by atoms with Gasteiger partial charge in [-0.05, 0) is 37.5 Å². The number of aryl methyl sites for hydroxylation is 1. The van der Waals surface area contributed by atoms with Crippen molar-refractivity contribution in [1.29, 1.82) is 0 Å². The summed E-state index contributed by atoms with van der Waals surface area (Å²) < 4.78 is 13.5. The molecule has 1 N–H and O–H groups in total. The van der Waals surface area contributed by atoms with Gasteiger partial charge in [0, 0.05) is 43.6 Å². The van der Waals surface area contributed by atoms with E-state index in [1.807, 2.05) is 30.6 Å². The van der Waals surface area contributed by atoms with Crippen molar-refractivity contribution in [2.45, 2.75) is 44.4 Å². The van der Waals surface area contributed by atoms with Gasteiger partial charge in [0.1, 0.15) is 18.2 Å². The maximum Gasteiger partial charge on any atom is 0.251 e. The van der Waals surface area contributed by atoms with E-state index < -0.39 is 0 Å². The predicted octanol–water partition coefficient (Wildman–Crippen LogP) is 2.19. The SMILES string of the molecule is O=C(N[C@H]1CCc2nccn2C1)c1cccc(OC[C@H]2CCCO2)c1. The number of hydrogen-bond acceptors (Lipinski definition) is 4. The zero-order valence-corrected chi connectivity index (χ0v) is 14.2. The van der Waals surface area contributed by atoms with Crippen LogP contribution in [0.2, 0.25) is 0 Å². The van der Waals surface area contributed by atoms with Crippen molar-refractivity contribution in [2.24, 2.45) is 0 Å². The zero-order chi connectivity index (χ0) is 17.1. The van der Waals surface area contributed by atoms with Crippen molar-refractivity contribution in [3.05, 3.63) is 48.0 Å². The number of carbonyl (C=O) groups excluding carboxylic acids is 1. The summed E-state index contributed by atoms with van der Waals surface area (Å²) in [6.45, 7) is 2.13. The second-order valence-corrected chi connectivity index (χ2v) is 6.68. The molecule has 0 aliphatic carbocycles. The summed E-state index contributed by atoms with van der Waals surface area (Å²) in [4.78, 5) is 16.9. The van der Waals surface area contributed by atoms with Gasteiger partial charge in [0.25, 0.3) is 5.91 Å². The molecular formula is C19H23N3O3. The van der Waals surface area contributed by atoms with E-state index in [4.69, 9.17) is 9.47 Å². The van der Waals surface area contributed by atoms with Crippen LogP contribution in [0.1, 0.15) is 35.4 Å². The lowest BCUT2D eigenvalue weighted by molar-refractivity contribution is 0.0679. The van der Waals surface area contributed by atoms with Gasteiger partial charge < -0.3 is 19.4 Å². The molecule has 0 spiro atoms. The third kappa shape index (κ3) is 3.85. The van der Waals surface area contributed by atoms with Crippen molar-refractivity contribution in [3.63, 3.8) is 0 Å². The van der Waals surface area contributed by atoms with Crippen molar-refractivity contribution in [3.8, 4) is 5.75 Å². The van der Waals surface area contributed by atoms with E-state index in [0.29, 0.717) is 17.9 Å². The van der Waals surface area contributed by atoms with Crippen molar-refractivity contribution in [1.82, 2.24) is 14.9 Å². The van der Waals surface area contributed by atoms with Crippen LogP contribution in [0.4, 0.5) is 0 Å². The summed E-state index contributed by atoms with van der Waals surface area (Å²) in [5, 5.41) is 3.12. The Morgan fingerprint density at radius 2 is 2.36 bits per heavy atom. The molecule has 4 rings (SSSR count). The summed E-state index contributed by atoms with van der Waals surface area (Å²) in [6.07, 6.45) is 7.89. The lowest BCUT2D eigenvalue weighted by Crippen LogP contribution is -2.40. The highest BCUT2D eigenvalue weighted by Crippen LogP contribution is 2.18. The van der Waals surface area contributed by atoms with E-state index in [1.54, 1.807) is 6.07 Å². The average molecular weight is 341 g/mol. The number of fused-ring (bicyclic) bond motifs is 1. The van der Waals surface area contributed by atoms with Gasteiger partial charge in [0.2, 0.25) is 0 Å². The topological polar surface area (TPSA) is 65.4 Å². The number of carbonyl (C=O) groups is 1. The second-order valence-electron chi connectivity index (χ2n) is 6.68. The molecule has 1 amide bonds. The molecule has 2 aliphatic rings. The molecule has 0 saturated carbocycles. The van der Waals surface area contributed by atoms with Crippen LogP contribution in [-0.2, 0) is 17.7 Å². The van der Waals surface area contributed by atoms with E-state index in [2.05, 4.69) is 14.9 Å². The Morgan fingerprint density at radius 3 is 3.24 bits per heavy atom. The minimum atomic E-state index is -0.0591. The zero-order valence-electron chi connectivity index (χ0n) is 14.2. The predicted molar refractivity (Wildman–Crippen MR) is 92.7 cm³/mol.